The molecule has 1 spiro atoms. The highest BCUT2D eigenvalue weighted by Crippen LogP contribution is 2.53. The largest absolute Gasteiger partial charge is 0.396 e. The van der Waals surface area contributed by atoms with Crippen LogP contribution in [0, 0.1) is 18.8 Å². The zero-order valence-electron chi connectivity index (χ0n) is 20.6. The van der Waals surface area contributed by atoms with Gasteiger partial charge >= 0.3 is 0 Å². The minimum absolute atomic E-state index is 0.0746. The van der Waals surface area contributed by atoms with Crippen molar-refractivity contribution >= 4 is 35.0 Å². The Morgan fingerprint density at radius 2 is 1.89 bits per heavy atom. The SMILES string of the molecule is Cc1cccc(Cl)c1N1CC=C[C@]23O[C@H]4C=CCN(C)C(=O)[C@H]4[C@H]2C(=O)N(CCCCCO)C3C1=O. The molecule has 1 N–H and O–H groups in total. The number of para-hydroxylation sites is 1. The Labute approximate surface area is 216 Å². The molecular weight excluding hydrogens is 482 g/mol. The van der Waals surface area contributed by atoms with Crippen molar-refractivity contribution in [3.63, 3.8) is 0 Å². The zero-order chi connectivity index (χ0) is 25.6. The molecule has 0 bridgehead atoms. The van der Waals surface area contributed by atoms with E-state index in [0.29, 0.717) is 36.6 Å². The van der Waals surface area contributed by atoms with Crippen molar-refractivity contribution in [2.75, 3.05) is 38.2 Å². The third kappa shape index (κ3) is 3.78. The fourth-order valence-electron chi connectivity index (χ4n) is 6.24. The van der Waals surface area contributed by atoms with E-state index in [4.69, 9.17) is 16.3 Å². The van der Waals surface area contributed by atoms with Gasteiger partial charge in [-0.15, -0.1) is 0 Å². The lowest BCUT2D eigenvalue weighted by molar-refractivity contribution is -0.143. The maximum Gasteiger partial charge on any atom is 0.253 e. The maximum atomic E-state index is 14.3. The number of fused-ring (bicyclic) bond motifs is 2. The standard InChI is InChI=1S/C27H32ClN3O5/c1-17-9-6-10-18(28)22(17)30-15-8-12-27-21(20-19(36-27)11-7-13-29(2)24(20)33)25(34)31(23(27)26(30)35)14-4-3-5-16-32/h6-12,19-21,23,32H,3-5,13-16H2,1-2H3/t19-,20+,21-,23?,27-/m0/s1. The number of rotatable bonds is 6. The molecule has 5 atom stereocenters. The van der Waals surface area contributed by atoms with Crippen LogP contribution in [0.2, 0.25) is 5.02 Å². The predicted molar refractivity (Wildman–Crippen MR) is 135 cm³/mol. The number of benzene rings is 1. The van der Waals surface area contributed by atoms with Gasteiger partial charge in [0.05, 0.1) is 28.6 Å². The number of hydrogen-bond acceptors (Lipinski definition) is 5. The van der Waals surface area contributed by atoms with Gasteiger partial charge in [0.1, 0.15) is 11.6 Å². The topological polar surface area (TPSA) is 90.4 Å². The fraction of sp³-hybridized carbons (Fsp3) is 0.519. The van der Waals surface area contributed by atoms with Crippen molar-refractivity contribution in [3.05, 3.63) is 53.1 Å². The van der Waals surface area contributed by atoms with Gasteiger partial charge in [-0.3, -0.25) is 14.4 Å². The first-order valence-electron chi connectivity index (χ1n) is 12.6. The van der Waals surface area contributed by atoms with Crippen molar-refractivity contribution in [1.82, 2.24) is 9.80 Å². The van der Waals surface area contributed by atoms with E-state index in [1.54, 1.807) is 27.8 Å². The first kappa shape index (κ1) is 25.0. The second-order valence-corrected chi connectivity index (χ2v) is 10.5. The molecular formula is C27H32ClN3O5. The van der Waals surface area contributed by atoms with Gasteiger partial charge < -0.3 is 24.5 Å². The number of hydrogen-bond donors (Lipinski definition) is 1. The van der Waals surface area contributed by atoms with Gasteiger partial charge in [0.15, 0.2) is 0 Å². The van der Waals surface area contributed by atoms with Crippen molar-refractivity contribution < 1.29 is 24.2 Å². The maximum absolute atomic E-state index is 14.3. The number of aryl methyl sites for hydroxylation is 1. The normalized spacial score (nSPS) is 31.4. The molecule has 0 radical (unpaired) electrons. The molecule has 1 aromatic rings. The molecule has 5 rings (SSSR count). The first-order valence-corrected chi connectivity index (χ1v) is 12.9. The van der Waals surface area contributed by atoms with E-state index in [-0.39, 0.29) is 30.9 Å². The lowest BCUT2D eigenvalue weighted by atomic mass is 9.77. The quantitative estimate of drug-likeness (QED) is 0.466. The second-order valence-electron chi connectivity index (χ2n) is 10.1. The molecule has 0 aliphatic carbocycles. The molecule has 2 fully saturated rings. The van der Waals surface area contributed by atoms with Crippen LogP contribution >= 0.6 is 11.6 Å². The molecule has 8 nitrogen and oxygen atoms in total. The lowest BCUT2D eigenvalue weighted by Gasteiger charge is -2.36. The summed E-state index contributed by atoms with van der Waals surface area (Å²) in [6.45, 7) is 3.05. The highest BCUT2D eigenvalue weighted by molar-refractivity contribution is 6.34. The van der Waals surface area contributed by atoms with Crippen LogP contribution in [-0.2, 0) is 19.1 Å². The van der Waals surface area contributed by atoms with Crippen LogP contribution in [0.3, 0.4) is 0 Å². The number of halogens is 1. The average Bonchev–Trinajstić information content (AvgIpc) is 3.17. The number of likely N-dealkylation sites (tertiary alicyclic amines) is 1. The van der Waals surface area contributed by atoms with Crippen LogP contribution in [-0.4, -0.2) is 83.7 Å². The van der Waals surface area contributed by atoms with Crippen LogP contribution in [0.1, 0.15) is 24.8 Å². The van der Waals surface area contributed by atoms with Gasteiger partial charge in [0, 0.05) is 33.3 Å². The number of ether oxygens (including phenoxy) is 1. The molecule has 4 heterocycles. The molecule has 0 saturated carbocycles. The van der Waals surface area contributed by atoms with E-state index in [1.165, 1.54) is 0 Å². The Morgan fingerprint density at radius 1 is 1.08 bits per heavy atom. The lowest BCUT2D eigenvalue weighted by Crippen LogP contribution is -2.55. The zero-order valence-corrected chi connectivity index (χ0v) is 21.4. The Morgan fingerprint density at radius 3 is 2.64 bits per heavy atom. The summed E-state index contributed by atoms with van der Waals surface area (Å²) >= 11 is 6.56. The number of aliphatic hydroxyl groups excluding tert-OH is 1. The Bertz CT molecular complexity index is 1120. The van der Waals surface area contributed by atoms with Crippen molar-refractivity contribution in [1.29, 1.82) is 0 Å². The molecule has 1 aromatic carbocycles. The van der Waals surface area contributed by atoms with E-state index < -0.39 is 29.6 Å². The van der Waals surface area contributed by atoms with E-state index in [1.807, 2.05) is 43.4 Å². The summed E-state index contributed by atoms with van der Waals surface area (Å²) in [6.07, 6.45) is 8.83. The average molecular weight is 514 g/mol. The number of nitrogens with zero attached hydrogens (tertiary/aromatic N) is 3. The summed E-state index contributed by atoms with van der Waals surface area (Å²) in [5, 5.41) is 9.66. The Balaban J connectivity index is 1.60. The predicted octanol–water partition coefficient (Wildman–Crippen LogP) is 2.32. The molecule has 3 amide bonds. The number of likely N-dealkylation sites (N-methyl/N-ethyl adjacent to an activating group) is 1. The van der Waals surface area contributed by atoms with Gasteiger partial charge in [0.2, 0.25) is 11.8 Å². The number of unbranched alkanes of at least 4 members (excludes halogenated alkanes) is 2. The number of carbonyl (C=O) groups is 3. The first-order chi connectivity index (χ1) is 17.3. The third-order valence-electron chi connectivity index (χ3n) is 7.88. The molecule has 192 valence electrons. The van der Waals surface area contributed by atoms with E-state index in [2.05, 4.69) is 0 Å². The minimum Gasteiger partial charge on any atom is -0.396 e. The van der Waals surface area contributed by atoms with E-state index in [0.717, 1.165) is 12.0 Å². The van der Waals surface area contributed by atoms with Gasteiger partial charge in [-0.25, -0.2) is 0 Å². The second kappa shape index (κ2) is 9.65. The van der Waals surface area contributed by atoms with E-state index >= 15 is 0 Å². The number of amides is 3. The monoisotopic (exact) mass is 513 g/mol. The summed E-state index contributed by atoms with van der Waals surface area (Å²) in [5.74, 6) is -2.14. The van der Waals surface area contributed by atoms with Gasteiger partial charge in [-0.2, -0.15) is 0 Å². The fourth-order valence-corrected chi connectivity index (χ4v) is 6.56. The van der Waals surface area contributed by atoms with Gasteiger partial charge in [0.25, 0.3) is 5.91 Å². The Kier molecular flexibility index (Phi) is 6.70. The van der Waals surface area contributed by atoms with Crippen LogP contribution in [0.4, 0.5) is 5.69 Å². The van der Waals surface area contributed by atoms with Crippen LogP contribution < -0.4 is 4.90 Å². The van der Waals surface area contributed by atoms with Crippen LogP contribution in [0.25, 0.3) is 0 Å². The highest BCUT2D eigenvalue weighted by atomic mass is 35.5. The highest BCUT2D eigenvalue weighted by Gasteiger charge is 2.71. The molecule has 9 heteroatoms. The molecule has 0 aromatic heterocycles. The van der Waals surface area contributed by atoms with Crippen molar-refractivity contribution in [3.8, 4) is 0 Å². The minimum atomic E-state index is -1.25. The summed E-state index contributed by atoms with van der Waals surface area (Å²) < 4.78 is 6.60. The van der Waals surface area contributed by atoms with Crippen LogP contribution in [0.15, 0.2) is 42.5 Å². The number of carbonyl (C=O) groups excluding carboxylic acids is 3. The summed E-state index contributed by atoms with van der Waals surface area (Å²) in [6, 6.07) is 4.57. The summed E-state index contributed by atoms with van der Waals surface area (Å²) in [4.78, 5) is 46.6. The summed E-state index contributed by atoms with van der Waals surface area (Å²) in [7, 11) is 1.72. The molecule has 2 saturated heterocycles. The van der Waals surface area contributed by atoms with E-state index in [9.17, 15) is 19.5 Å². The number of anilines is 1. The molecule has 36 heavy (non-hydrogen) atoms. The number of aliphatic hydroxyl groups is 1. The van der Waals surface area contributed by atoms with Crippen molar-refractivity contribution in [2.45, 2.75) is 43.9 Å². The van der Waals surface area contributed by atoms with Crippen molar-refractivity contribution in [2.24, 2.45) is 11.8 Å². The summed E-state index contributed by atoms with van der Waals surface area (Å²) in [5.41, 5.74) is 0.223. The van der Waals surface area contributed by atoms with Gasteiger partial charge in [-0.1, -0.05) is 48.0 Å². The molecule has 1 unspecified atom stereocenters. The third-order valence-corrected chi connectivity index (χ3v) is 8.18. The van der Waals surface area contributed by atoms with Gasteiger partial charge in [-0.05, 0) is 37.8 Å². The smallest absolute Gasteiger partial charge is 0.253 e. The molecule has 4 aliphatic heterocycles. The molecule has 4 aliphatic rings. The Hall–Kier alpha value is -2.68. The van der Waals surface area contributed by atoms with Crippen LogP contribution in [0.5, 0.6) is 0 Å².